The lowest BCUT2D eigenvalue weighted by molar-refractivity contribution is -0.113. The molecule has 32 heavy (non-hydrogen) atoms. The lowest BCUT2D eigenvalue weighted by atomic mass is 10.1. The minimum atomic E-state index is -0.395. The summed E-state index contributed by atoms with van der Waals surface area (Å²) in [6.07, 6.45) is 1.82. The summed E-state index contributed by atoms with van der Waals surface area (Å²) in [6, 6.07) is 22.5. The number of aryl methyl sites for hydroxylation is 2. The van der Waals surface area contributed by atoms with Gasteiger partial charge in [-0.2, -0.15) is 0 Å². The Balaban J connectivity index is 1.75. The third-order valence-electron chi connectivity index (χ3n) is 5.10. The molecule has 3 aromatic rings. The highest BCUT2D eigenvalue weighted by Gasteiger charge is 2.34. The van der Waals surface area contributed by atoms with Gasteiger partial charge < -0.3 is 4.74 Å². The number of methoxy groups -OCH3 is 1. The highest BCUT2D eigenvalue weighted by Crippen LogP contribution is 2.38. The number of ether oxygens (including phenoxy) is 1. The number of nitrogens with zero attached hydrogens (tertiary/aromatic N) is 2. The number of hydrogen-bond donors (Lipinski definition) is 0. The van der Waals surface area contributed by atoms with Gasteiger partial charge in [0.2, 0.25) is 0 Å². The average molecular weight is 443 g/mol. The lowest BCUT2D eigenvalue weighted by Crippen LogP contribution is -2.28. The second-order valence-corrected chi connectivity index (χ2v) is 8.34. The van der Waals surface area contributed by atoms with E-state index in [9.17, 15) is 9.59 Å². The second-order valence-electron chi connectivity index (χ2n) is 7.34. The van der Waals surface area contributed by atoms with E-state index < -0.39 is 5.97 Å². The Kier molecular flexibility index (Phi) is 6.23. The molecule has 0 bridgehead atoms. The van der Waals surface area contributed by atoms with Crippen LogP contribution in [0.4, 0.5) is 11.4 Å². The maximum Gasteiger partial charge on any atom is 0.337 e. The van der Waals surface area contributed by atoms with Gasteiger partial charge in [-0.05, 0) is 72.6 Å². The highest BCUT2D eigenvalue weighted by atomic mass is 32.2. The Morgan fingerprint density at radius 3 is 2.22 bits per heavy atom. The third kappa shape index (κ3) is 4.36. The van der Waals surface area contributed by atoms with E-state index in [0.29, 0.717) is 15.6 Å². The van der Waals surface area contributed by atoms with Crippen LogP contribution in [0.15, 0.2) is 82.7 Å². The quantitative estimate of drug-likeness (QED) is 0.373. The summed E-state index contributed by atoms with van der Waals surface area (Å²) in [5, 5.41) is 0.607. The van der Waals surface area contributed by atoms with Gasteiger partial charge >= 0.3 is 5.97 Å². The van der Waals surface area contributed by atoms with Crippen LogP contribution in [-0.2, 0) is 9.53 Å². The first-order valence-electron chi connectivity index (χ1n) is 10.1. The number of anilines is 1. The predicted octanol–water partition coefficient (Wildman–Crippen LogP) is 5.90. The van der Waals surface area contributed by atoms with Gasteiger partial charge in [0.15, 0.2) is 5.17 Å². The van der Waals surface area contributed by atoms with E-state index in [1.54, 1.807) is 29.2 Å². The number of hydrogen-bond acceptors (Lipinski definition) is 5. The van der Waals surface area contributed by atoms with Crippen molar-refractivity contribution in [1.29, 1.82) is 0 Å². The molecule has 1 aliphatic heterocycles. The van der Waals surface area contributed by atoms with Crippen molar-refractivity contribution in [2.45, 2.75) is 13.8 Å². The molecule has 4 rings (SSSR count). The van der Waals surface area contributed by atoms with Crippen LogP contribution in [0.2, 0.25) is 0 Å². The number of benzene rings is 3. The van der Waals surface area contributed by atoms with Crippen molar-refractivity contribution < 1.29 is 14.3 Å². The Morgan fingerprint density at radius 1 is 0.938 bits per heavy atom. The highest BCUT2D eigenvalue weighted by molar-refractivity contribution is 8.19. The number of aliphatic imine (C=N–C) groups is 1. The lowest BCUT2D eigenvalue weighted by Gasteiger charge is -2.16. The van der Waals surface area contributed by atoms with Crippen molar-refractivity contribution in [2.75, 3.05) is 12.0 Å². The first-order valence-corrected chi connectivity index (χ1v) is 10.9. The van der Waals surface area contributed by atoms with E-state index in [1.165, 1.54) is 18.9 Å². The molecule has 160 valence electrons. The Bertz CT molecular complexity index is 1210. The standard InChI is InChI=1S/C26H22N2O3S/c1-17-8-7-9-18(2)23(17)27-26-28(21-10-5-4-6-11-21)24(29)22(32-26)16-19-12-14-20(15-13-19)25(30)31-3/h4-16H,1-3H3. The molecule has 6 heteroatoms. The van der Waals surface area contributed by atoms with E-state index in [1.807, 2.05) is 68.5 Å². The molecule has 1 aliphatic rings. The fourth-order valence-corrected chi connectivity index (χ4v) is 4.40. The molecule has 0 aliphatic carbocycles. The SMILES string of the molecule is COC(=O)c1ccc(C=C2SC(=Nc3c(C)cccc3C)N(c3ccccc3)C2=O)cc1. The first kappa shape index (κ1) is 21.6. The number of carbonyl (C=O) groups excluding carboxylic acids is 2. The number of thioether (sulfide) groups is 1. The van der Waals surface area contributed by atoms with Crippen LogP contribution in [0, 0.1) is 13.8 Å². The smallest absolute Gasteiger partial charge is 0.337 e. The molecule has 0 radical (unpaired) electrons. The number of esters is 1. The summed E-state index contributed by atoms with van der Waals surface area (Å²) in [4.78, 5) is 32.2. The number of amidine groups is 1. The summed E-state index contributed by atoms with van der Waals surface area (Å²) in [5.41, 5.74) is 5.01. The van der Waals surface area contributed by atoms with E-state index in [0.717, 1.165) is 28.1 Å². The zero-order valence-electron chi connectivity index (χ0n) is 18.0. The fourth-order valence-electron chi connectivity index (χ4n) is 3.42. The van der Waals surface area contributed by atoms with Crippen LogP contribution >= 0.6 is 11.8 Å². The summed E-state index contributed by atoms with van der Waals surface area (Å²) < 4.78 is 4.74. The predicted molar refractivity (Wildman–Crippen MR) is 130 cm³/mol. The third-order valence-corrected chi connectivity index (χ3v) is 6.07. The van der Waals surface area contributed by atoms with Crippen LogP contribution < -0.4 is 4.90 Å². The van der Waals surface area contributed by atoms with Crippen molar-refractivity contribution in [3.05, 3.63) is 100.0 Å². The molecule has 0 aromatic heterocycles. The molecule has 1 amide bonds. The van der Waals surface area contributed by atoms with Crippen molar-refractivity contribution in [2.24, 2.45) is 4.99 Å². The Labute approximate surface area is 191 Å². The molecule has 1 fully saturated rings. The van der Waals surface area contributed by atoms with Crippen LogP contribution in [0.5, 0.6) is 0 Å². The monoisotopic (exact) mass is 442 g/mol. The molecule has 0 N–H and O–H groups in total. The van der Waals surface area contributed by atoms with Crippen LogP contribution in [0.1, 0.15) is 27.0 Å². The van der Waals surface area contributed by atoms with Crippen molar-refractivity contribution in [3.8, 4) is 0 Å². The van der Waals surface area contributed by atoms with Crippen LogP contribution in [0.3, 0.4) is 0 Å². The fraction of sp³-hybridized carbons (Fsp3) is 0.115. The molecule has 0 atom stereocenters. The number of para-hydroxylation sites is 2. The van der Waals surface area contributed by atoms with Crippen molar-refractivity contribution in [1.82, 2.24) is 0 Å². The minimum absolute atomic E-state index is 0.136. The van der Waals surface area contributed by atoms with E-state index in [-0.39, 0.29) is 5.91 Å². The van der Waals surface area contributed by atoms with Gasteiger partial charge in [-0.1, -0.05) is 48.5 Å². The summed E-state index contributed by atoms with van der Waals surface area (Å²) in [5.74, 6) is -0.531. The zero-order valence-corrected chi connectivity index (χ0v) is 18.8. The molecular weight excluding hydrogens is 420 g/mol. The molecule has 3 aromatic carbocycles. The summed E-state index contributed by atoms with van der Waals surface area (Å²) >= 11 is 1.34. The Morgan fingerprint density at radius 2 is 1.59 bits per heavy atom. The topological polar surface area (TPSA) is 59.0 Å². The number of carbonyl (C=O) groups is 2. The zero-order chi connectivity index (χ0) is 22.7. The van der Waals surface area contributed by atoms with Gasteiger partial charge in [-0.25, -0.2) is 9.79 Å². The number of rotatable bonds is 4. The van der Waals surface area contributed by atoms with Crippen molar-refractivity contribution >= 4 is 46.3 Å². The van der Waals surface area contributed by atoms with Gasteiger partial charge in [-0.3, -0.25) is 9.69 Å². The second kappa shape index (κ2) is 9.24. The summed E-state index contributed by atoms with van der Waals surface area (Å²) in [6.45, 7) is 4.03. The van der Waals surface area contributed by atoms with E-state index >= 15 is 0 Å². The molecule has 5 nitrogen and oxygen atoms in total. The van der Waals surface area contributed by atoms with Gasteiger partial charge in [-0.15, -0.1) is 0 Å². The van der Waals surface area contributed by atoms with Crippen molar-refractivity contribution in [3.63, 3.8) is 0 Å². The van der Waals surface area contributed by atoms with Gasteiger partial charge in [0.05, 0.1) is 29.0 Å². The molecular formula is C26H22N2O3S. The molecule has 1 heterocycles. The largest absolute Gasteiger partial charge is 0.465 e. The normalized spacial score (nSPS) is 16.1. The minimum Gasteiger partial charge on any atom is -0.465 e. The maximum absolute atomic E-state index is 13.4. The molecule has 0 spiro atoms. The van der Waals surface area contributed by atoms with Gasteiger partial charge in [0, 0.05) is 0 Å². The molecule has 1 saturated heterocycles. The van der Waals surface area contributed by atoms with E-state index in [2.05, 4.69) is 0 Å². The summed E-state index contributed by atoms with van der Waals surface area (Å²) in [7, 11) is 1.35. The first-order chi connectivity index (χ1) is 15.5. The number of amides is 1. The molecule has 0 unspecified atom stereocenters. The maximum atomic E-state index is 13.4. The van der Waals surface area contributed by atoms with Gasteiger partial charge in [0.25, 0.3) is 5.91 Å². The molecule has 0 saturated carbocycles. The van der Waals surface area contributed by atoms with Gasteiger partial charge in [0.1, 0.15) is 0 Å². The van der Waals surface area contributed by atoms with E-state index in [4.69, 9.17) is 9.73 Å². The Hall–Kier alpha value is -3.64. The average Bonchev–Trinajstić information content (AvgIpc) is 3.11. The van der Waals surface area contributed by atoms with Crippen LogP contribution in [-0.4, -0.2) is 24.2 Å². The van der Waals surface area contributed by atoms with Crippen LogP contribution in [0.25, 0.3) is 6.08 Å².